The summed E-state index contributed by atoms with van der Waals surface area (Å²) in [5.74, 6) is 1.44. The van der Waals surface area contributed by atoms with Gasteiger partial charge in [-0.2, -0.15) is 0 Å². The molecule has 7 heteroatoms. The summed E-state index contributed by atoms with van der Waals surface area (Å²) >= 11 is 0. The standard InChI is InChI=1S/C18H21NO3.ClH.2H2O/c1-19-8-7-18-11-4-5-13(20)17(18)22-16-14(21-2)6-3-10(15(16)18)9-12(11)19;;;/h3-6,11-13,17,20H,7-9H2,1-2H3;1H;2*1H2/t11?,12?,13?,17?,18-;;;/m0.../s1/i1D3;;;. The van der Waals surface area contributed by atoms with Crippen LogP contribution in [0.15, 0.2) is 24.3 Å². The topological polar surface area (TPSA) is 105 Å². The number of methoxy groups -OCH3 is 1. The highest BCUT2D eigenvalue weighted by molar-refractivity contribution is 5.85. The lowest BCUT2D eigenvalue weighted by Gasteiger charge is -2.56. The average Bonchev–Trinajstić information content (AvgIpc) is 2.89. The molecule has 0 radical (unpaired) electrons. The molecular formula is C18H26ClNO5. The van der Waals surface area contributed by atoms with Gasteiger partial charge in [0.1, 0.15) is 12.2 Å². The van der Waals surface area contributed by atoms with Gasteiger partial charge in [0.05, 0.1) is 7.11 Å². The third kappa shape index (κ3) is 2.18. The molecule has 140 valence electrons. The lowest BCUT2D eigenvalue weighted by Crippen LogP contribution is -2.64. The molecule has 6 nitrogen and oxygen atoms in total. The third-order valence-electron chi connectivity index (χ3n) is 6.08. The zero-order valence-electron chi connectivity index (χ0n) is 16.9. The highest BCUT2D eigenvalue weighted by Crippen LogP contribution is 2.62. The van der Waals surface area contributed by atoms with Crippen molar-refractivity contribution in [1.82, 2.24) is 4.90 Å². The van der Waals surface area contributed by atoms with Crippen LogP contribution in [-0.4, -0.2) is 59.8 Å². The van der Waals surface area contributed by atoms with E-state index in [1.165, 1.54) is 0 Å². The molecule has 2 aliphatic carbocycles. The summed E-state index contributed by atoms with van der Waals surface area (Å²) in [4.78, 5) is 1.66. The number of hydrogen-bond acceptors (Lipinski definition) is 4. The van der Waals surface area contributed by atoms with Crippen molar-refractivity contribution in [1.29, 1.82) is 0 Å². The molecule has 2 heterocycles. The molecule has 1 aromatic rings. The average molecular weight is 375 g/mol. The smallest absolute Gasteiger partial charge is 0.165 e. The van der Waals surface area contributed by atoms with Crippen molar-refractivity contribution in [3.63, 3.8) is 0 Å². The molecule has 5 rings (SSSR count). The second-order valence-electron chi connectivity index (χ2n) is 6.83. The number of ether oxygens (including phenoxy) is 2. The Labute approximate surface area is 157 Å². The van der Waals surface area contributed by atoms with Crippen molar-refractivity contribution in [2.24, 2.45) is 5.92 Å². The van der Waals surface area contributed by atoms with Gasteiger partial charge in [-0.25, -0.2) is 0 Å². The number of halogens is 1. The zero-order valence-corrected chi connectivity index (χ0v) is 14.7. The number of benzene rings is 1. The van der Waals surface area contributed by atoms with Gasteiger partial charge in [-0.05, 0) is 38.0 Å². The Kier molecular flexibility index (Phi) is 4.10. The maximum atomic E-state index is 10.6. The van der Waals surface area contributed by atoms with Gasteiger partial charge in [0, 0.05) is 27.1 Å². The zero-order chi connectivity index (χ0) is 17.6. The molecule has 4 aliphatic rings. The molecule has 1 fully saturated rings. The molecule has 0 saturated carbocycles. The van der Waals surface area contributed by atoms with E-state index in [9.17, 15) is 5.11 Å². The van der Waals surface area contributed by atoms with Crippen LogP contribution < -0.4 is 9.47 Å². The Hall–Kier alpha value is -1.31. The van der Waals surface area contributed by atoms with Crippen LogP contribution in [-0.2, 0) is 11.8 Å². The highest BCUT2D eigenvalue weighted by Gasteiger charge is 2.64. The van der Waals surface area contributed by atoms with E-state index >= 15 is 0 Å². The first-order chi connectivity index (χ1) is 11.9. The maximum Gasteiger partial charge on any atom is 0.165 e. The second-order valence-corrected chi connectivity index (χ2v) is 6.83. The number of piperidine rings is 1. The van der Waals surface area contributed by atoms with Gasteiger partial charge in [-0.3, -0.25) is 0 Å². The van der Waals surface area contributed by atoms with Crippen molar-refractivity contribution in [3.05, 3.63) is 35.4 Å². The summed E-state index contributed by atoms with van der Waals surface area (Å²) in [7, 11) is 1.62. The molecule has 1 spiro atoms. The van der Waals surface area contributed by atoms with Gasteiger partial charge >= 0.3 is 0 Å². The van der Waals surface area contributed by atoms with Crippen LogP contribution in [0.3, 0.4) is 0 Å². The van der Waals surface area contributed by atoms with E-state index in [1.807, 2.05) is 18.2 Å². The van der Waals surface area contributed by atoms with Crippen LogP contribution in [0.4, 0.5) is 0 Å². The van der Waals surface area contributed by atoms with Crippen LogP contribution in [0, 0.1) is 5.92 Å². The van der Waals surface area contributed by atoms with Gasteiger partial charge in [-0.15, -0.1) is 12.4 Å². The molecule has 1 saturated heterocycles. The quantitative estimate of drug-likeness (QED) is 0.712. The molecular weight excluding hydrogens is 346 g/mol. The Balaban J connectivity index is 0.000000934. The van der Waals surface area contributed by atoms with Crippen molar-refractivity contribution in [3.8, 4) is 11.5 Å². The molecule has 25 heavy (non-hydrogen) atoms. The Morgan fingerprint density at radius 1 is 1.36 bits per heavy atom. The number of hydrogen-bond donors (Lipinski definition) is 1. The van der Waals surface area contributed by atoms with E-state index in [-0.39, 0.29) is 46.8 Å². The minimum atomic E-state index is -2.11. The molecule has 5 atom stereocenters. The van der Waals surface area contributed by atoms with Crippen LogP contribution in [0.1, 0.15) is 21.7 Å². The minimum absolute atomic E-state index is 0. The van der Waals surface area contributed by atoms with Crippen LogP contribution in [0.25, 0.3) is 0 Å². The first-order valence-corrected chi connectivity index (χ1v) is 7.88. The molecule has 0 aromatic heterocycles. The maximum absolute atomic E-state index is 10.6. The van der Waals surface area contributed by atoms with Gasteiger partial charge in [0.15, 0.2) is 11.5 Å². The Morgan fingerprint density at radius 2 is 2.16 bits per heavy atom. The Morgan fingerprint density at radius 3 is 2.88 bits per heavy atom. The first kappa shape index (κ1) is 15.9. The van der Waals surface area contributed by atoms with E-state index in [0.717, 1.165) is 16.9 Å². The molecule has 5 N–H and O–H groups in total. The van der Waals surface area contributed by atoms with E-state index in [0.29, 0.717) is 25.1 Å². The lowest BCUT2D eigenvalue weighted by molar-refractivity contribution is -0.0453. The van der Waals surface area contributed by atoms with Gasteiger partial charge in [-0.1, -0.05) is 18.2 Å². The van der Waals surface area contributed by atoms with Crippen molar-refractivity contribution < 1.29 is 29.6 Å². The number of rotatable bonds is 1. The predicted octanol–water partition coefficient (Wildman–Crippen LogP) is 0.273. The summed E-state index contributed by atoms with van der Waals surface area (Å²) in [5.41, 5.74) is 1.89. The van der Waals surface area contributed by atoms with Crippen LogP contribution >= 0.6 is 12.4 Å². The van der Waals surface area contributed by atoms with Gasteiger partial charge in [0.25, 0.3) is 0 Å². The summed E-state index contributed by atoms with van der Waals surface area (Å²) in [5, 5.41) is 10.6. The van der Waals surface area contributed by atoms with E-state index in [4.69, 9.17) is 13.6 Å². The molecule has 2 aliphatic heterocycles. The number of aliphatic hydroxyl groups is 1. The van der Waals surface area contributed by atoms with Crippen LogP contribution in [0.5, 0.6) is 11.5 Å². The summed E-state index contributed by atoms with van der Waals surface area (Å²) < 4.78 is 35.6. The molecule has 4 unspecified atom stereocenters. The summed E-state index contributed by atoms with van der Waals surface area (Å²) in [6.07, 6.45) is 4.05. The summed E-state index contributed by atoms with van der Waals surface area (Å²) in [6, 6.07) is 3.81. The van der Waals surface area contributed by atoms with Gasteiger partial charge in [0.2, 0.25) is 0 Å². The fourth-order valence-electron chi connectivity index (χ4n) is 5.21. The van der Waals surface area contributed by atoms with Crippen molar-refractivity contribution in [2.45, 2.75) is 36.5 Å². The SMILES string of the molecule is Cl.O.O.[2H]C([2H])([2H])N1CC[C@]23c4c5ccc(OC)c4OC2C(O)C=CC3C1C5. The van der Waals surface area contributed by atoms with Gasteiger partial charge < -0.3 is 30.4 Å². The third-order valence-corrected chi connectivity index (χ3v) is 6.08. The van der Waals surface area contributed by atoms with Crippen molar-refractivity contribution >= 4 is 12.4 Å². The molecule has 0 amide bonds. The van der Waals surface area contributed by atoms with E-state index in [2.05, 4.69) is 0 Å². The normalized spacial score (nSPS) is 38.4. The summed E-state index contributed by atoms with van der Waals surface area (Å²) in [6.45, 7) is -1.63. The number of aliphatic hydroxyl groups excluding tert-OH is 1. The monoisotopic (exact) mass is 374 g/mol. The number of nitrogens with zero attached hydrogens (tertiary/aromatic N) is 1. The van der Waals surface area contributed by atoms with E-state index < -0.39 is 13.1 Å². The van der Waals surface area contributed by atoms with Crippen molar-refractivity contribution in [2.75, 3.05) is 20.6 Å². The molecule has 2 bridgehead atoms. The Bertz CT molecular complexity index is 789. The molecule has 1 aromatic carbocycles. The lowest BCUT2D eigenvalue weighted by atomic mass is 9.53. The fraction of sp³-hybridized carbons (Fsp3) is 0.556. The number of likely N-dealkylation sites (N-methyl/N-ethyl adjacent to an activating group) is 1. The predicted molar refractivity (Wildman–Crippen MR) is 96.9 cm³/mol. The second kappa shape index (κ2) is 6.45. The number of likely N-dealkylation sites (tertiary alicyclic amines) is 1. The highest BCUT2D eigenvalue weighted by atomic mass is 35.5. The minimum Gasteiger partial charge on any atom is -0.493 e. The fourth-order valence-corrected chi connectivity index (χ4v) is 5.21. The first-order valence-electron chi connectivity index (χ1n) is 9.38. The van der Waals surface area contributed by atoms with E-state index in [1.54, 1.807) is 18.1 Å². The largest absolute Gasteiger partial charge is 0.493 e. The van der Waals surface area contributed by atoms with Crippen LogP contribution in [0.2, 0.25) is 0 Å².